The van der Waals surface area contributed by atoms with Gasteiger partial charge in [0.1, 0.15) is 0 Å². The van der Waals surface area contributed by atoms with Crippen molar-refractivity contribution in [3.63, 3.8) is 0 Å². The molecule has 9 heteroatoms. The SMILES string of the molecule is O=C(O)C1CN(C(=O)Nc2cc(Br)ccc2-n2cccn2)CCO1. The van der Waals surface area contributed by atoms with Crippen molar-refractivity contribution in [3.8, 4) is 5.69 Å². The molecule has 0 aliphatic carbocycles. The minimum Gasteiger partial charge on any atom is -0.479 e. The Hall–Kier alpha value is -2.39. The average molecular weight is 395 g/mol. The van der Waals surface area contributed by atoms with E-state index in [1.807, 2.05) is 12.1 Å². The van der Waals surface area contributed by atoms with E-state index in [0.29, 0.717) is 17.9 Å². The summed E-state index contributed by atoms with van der Waals surface area (Å²) in [4.78, 5) is 25.0. The highest BCUT2D eigenvalue weighted by Gasteiger charge is 2.29. The highest BCUT2D eigenvalue weighted by Crippen LogP contribution is 2.25. The number of amides is 2. The van der Waals surface area contributed by atoms with Gasteiger partial charge in [0.25, 0.3) is 0 Å². The number of aliphatic carboxylic acids is 1. The summed E-state index contributed by atoms with van der Waals surface area (Å²) in [6.07, 6.45) is 2.42. The van der Waals surface area contributed by atoms with Crippen LogP contribution in [-0.2, 0) is 9.53 Å². The van der Waals surface area contributed by atoms with Crippen LogP contribution in [0.2, 0.25) is 0 Å². The first-order chi connectivity index (χ1) is 11.5. The smallest absolute Gasteiger partial charge is 0.334 e. The van der Waals surface area contributed by atoms with E-state index in [2.05, 4.69) is 26.3 Å². The molecule has 1 aliphatic rings. The number of nitrogens with one attached hydrogen (secondary N) is 1. The van der Waals surface area contributed by atoms with E-state index in [0.717, 1.165) is 4.47 Å². The van der Waals surface area contributed by atoms with Crippen molar-refractivity contribution >= 4 is 33.6 Å². The molecule has 1 aromatic carbocycles. The standard InChI is InChI=1S/C15H15BrN4O4/c16-10-2-3-12(20-5-1-4-17-20)11(8-10)18-15(23)19-6-7-24-13(9-19)14(21)22/h1-5,8,13H,6-7,9H2,(H,18,23)(H,21,22). The highest BCUT2D eigenvalue weighted by atomic mass is 79.9. The zero-order valence-corrected chi connectivity index (χ0v) is 14.1. The van der Waals surface area contributed by atoms with Crippen molar-refractivity contribution in [2.24, 2.45) is 0 Å². The molecule has 1 fully saturated rings. The van der Waals surface area contributed by atoms with Crippen LogP contribution in [0.25, 0.3) is 5.69 Å². The highest BCUT2D eigenvalue weighted by molar-refractivity contribution is 9.10. The van der Waals surface area contributed by atoms with Gasteiger partial charge in [-0.25, -0.2) is 14.3 Å². The number of halogens is 1. The Balaban J connectivity index is 1.79. The summed E-state index contributed by atoms with van der Waals surface area (Å²) in [7, 11) is 0. The summed E-state index contributed by atoms with van der Waals surface area (Å²) in [6.45, 7) is 0.530. The molecule has 126 valence electrons. The quantitative estimate of drug-likeness (QED) is 0.828. The average Bonchev–Trinajstić information content (AvgIpc) is 3.09. The van der Waals surface area contributed by atoms with Gasteiger partial charge in [0, 0.05) is 23.4 Å². The molecule has 0 radical (unpaired) electrons. The Morgan fingerprint density at radius 3 is 2.96 bits per heavy atom. The van der Waals surface area contributed by atoms with Gasteiger partial charge in [-0.05, 0) is 24.3 Å². The third kappa shape index (κ3) is 3.57. The maximum absolute atomic E-state index is 12.5. The Morgan fingerprint density at radius 1 is 1.42 bits per heavy atom. The fourth-order valence-electron chi connectivity index (χ4n) is 2.40. The Labute approximate surface area is 146 Å². The molecule has 1 aliphatic heterocycles. The number of carboxylic acids is 1. The first kappa shape index (κ1) is 16.5. The molecule has 3 rings (SSSR count). The van der Waals surface area contributed by atoms with Crippen molar-refractivity contribution in [2.45, 2.75) is 6.10 Å². The van der Waals surface area contributed by atoms with E-state index in [4.69, 9.17) is 9.84 Å². The number of carboxylic acid groups (broad SMARTS) is 1. The Morgan fingerprint density at radius 2 is 2.25 bits per heavy atom. The lowest BCUT2D eigenvalue weighted by atomic mass is 10.2. The van der Waals surface area contributed by atoms with Crippen LogP contribution in [0.1, 0.15) is 0 Å². The summed E-state index contributed by atoms with van der Waals surface area (Å²) in [5.74, 6) is -1.08. The summed E-state index contributed by atoms with van der Waals surface area (Å²) in [5, 5.41) is 16.0. The lowest BCUT2D eigenvalue weighted by Gasteiger charge is -2.31. The number of urea groups is 1. The number of anilines is 1. The number of ether oxygens (including phenoxy) is 1. The molecule has 1 aromatic heterocycles. The lowest BCUT2D eigenvalue weighted by molar-refractivity contribution is -0.154. The molecule has 2 N–H and O–H groups in total. The minimum absolute atomic E-state index is 0.00622. The number of morpholine rings is 1. The molecule has 0 saturated carbocycles. The second kappa shape index (κ2) is 7.02. The van der Waals surface area contributed by atoms with Gasteiger partial charge in [0.05, 0.1) is 24.5 Å². The molecule has 2 heterocycles. The first-order valence-corrected chi connectivity index (χ1v) is 8.04. The van der Waals surface area contributed by atoms with Crippen LogP contribution < -0.4 is 5.32 Å². The predicted molar refractivity (Wildman–Crippen MR) is 89.2 cm³/mol. The van der Waals surface area contributed by atoms with Gasteiger partial charge in [0.15, 0.2) is 6.10 Å². The number of carbonyl (C=O) groups excluding carboxylic acids is 1. The molecule has 2 aromatic rings. The second-order valence-corrected chi connectivity index (χ2v) is 6.10. The number of aromatic nitrogens is 2. The van der Waals surface area contributed by atoms with Gasteiger partial charge in [0.2, 0.25) is 0 Å². The fraction of sp³-hybridized carbons (Fsp3) is 0.267. The third-order valence-electron chi connectivity index (χ3n) is 3.58. The van der Waals surface area contributed by atoms with E-state index >= 15 is 0 Å². The summed E-state index contributed by atoms with van der Waals surface area (Å²) in [6, 6.07) is 6.85. The maximum Gasteiger partial charge on any atom is 0.334 e. The zero-order chi connectivity index (χ0) is 17.1. The van der Waals surface area contributed by atoms with Crippen molar-refractivity contribution in [3.05, 3.63) is 41.1 Å². The van der Waals surface area contributed by atoms with Gasteiger partial charge in [-0.15, -0.1) is 0 Å². The van der Waals surface area contributed by atoms with Crippen LogP contribution >= 0.6 is 15.9 Å². The molecular weight excluding hydrogens is 380 g/mol. The van der Waals surface area contributed by atoms with E-state index in [9.17, 15) is 9.59 Å². The minimum atomic E-state index is -1.08. The van der Waals surface area contributed by atoms with E-state index in [1.165, 1.54) is 4.90 Å². The summed E-state index contributed by atoms with van der Waals surface area (Å²) < 4.78 is 7.57. The van der Waals surface area contributed by atoms with Crippen LogP contribution in [0.4, 0.5) is 10.5 Å². The molecule has 1 atom stereocenters. The number of hydrogen-bond acceptors (Lipinski definition) is 4. The Bertz CT molecular complexity index is 750. The number of nitrogens with zero attached hydrogens (tertiary/aromatic N) is 3. The van der Waals surface area contributed by atoms with Gasteiger partial charge < -0.3 is 20.1 Å². The van der Waals surface area contributed by atoms with Crippen LogP contribution in [0.3, 0.4) is 0 Å². The lowest BCUT2D eigenvalue weighted by Crippen LogP contribution is -2.50. The predicted octanol–water partition coefficient (Wildman–Crippen LogP) is 1.95. The molecule has 24 heavy (non-hydrogen) atoms. The molecule has 1 unspecified atom stereocenters. The van der Waals surface area contributed by atoms with Gasteiger partial charge in [-0.3, -0.25) is 0 Å². The number of rotatable bonds is 3. The van der Waals surface area contributed by atoms with E-state index in [-0.39, 0.29) is 19.2 Å². The molecule has 8 nitrogen and oxygen atoms in total. The molecular formula is C15H15BrN4O4. The van der Waals surface area contributed by atoms with Crippen molar-refractivity contribution in [1.82, 2.24) is 14.7 Å². The van der Waals surface area contributed by atoms with Crippen molar-refractivity contribution < 1.29 is 19.4 Å². The van der Waals surface area contributed by atoms with E-state index < -0.39 is 12.1 Å². The number of hydrogen-bond donors (Lipinski definition) is 2. The monoisotopic (exact) mass is 394 g/mol. The zero-order valence-electron chi connectivity index (χ0n) is 12.6. The fourth-order valence-corrected chi connectivity index (χ4v) is 2.76. The first-order valence-electron chi connectivity index (χ1n) is 7.24. The molecule has 0 spiro atoms. The topological polar surface area (TPSA) is 96.7 Å². The Kier molecular flexibility index (Phi) is 4.81. The van der Waals surface area contributed by atoms with Crippen LogP contribution in [0.15, 0.2) is 41.1 Å². The molecule has 1 saturated heterocycles. The van der Waals surface area contributed by atoms with Gasteiger partial charge in [-0.2, -0.15) is 5.10 Å². The van der Waals surface area contributed by atoms with E-state index in [1.54, 1.807) is 29.2 Å². The number of carbonyl (C=O) groups is 2. The van der Waals surface area contributed by atoms with Gasteiger partial charge in [-0.1, -0.05) is 15.9 Å². The van der Waals surface area contributed by atoms with Crippen LogP contribution in [0.5, 0.6) is 0 Å². The normalized spacial score (nSPS) is 17.5. The number of benzene rings is 1. The van der Waals surface area contributed by atoms with Crippen molar-refractivity contribution in [2.75, 3.05) is 25.0 Å². The third-order valence-corrected chi connectivity index (χ3v) is 4.07. The van der Waals surface area contributed by atoms with Crippen LogP contribution in [0, 0.1) is 0 Å². The summed E-state index contributed by atoms with van der Waals surface area (Å²) in [5.41, 5.74) is 1.27. The van der Waals surface area contributed by atoms with Crippen molar-refractivity contribution in [1.29, 1.82) is 0 Å². The largest absolute Gasteiger partial charge is 0.479 e. The molecule has 2 amide bonds. The maximum atomic E-state index is 12.5. The molecule has 0 bridgehead atoms. The van der Waals surface area contributed by atoms with Crippen LogP contribution in [-0.4, -0.2) is 57.6 Å². The van der Waals surface area contributed by atoms with Gasteiger partial charge >= 0.3 is 12.0 Å². The second-order valence-electron chi connectivity index (χ2n) is 5.19. The summed E-state index contributed by atoms with van der Waals surface area (Å²) >= 11 is 3.38.